The smallest absolute Gasteiger partial charge is 0.0279 e. The van der Waals surface area contributed by atoms with Gasteiger partial charge in [0, 0.05) is 0 Å². The maximum absolute atomic E-state index is 3.88. The highest BCUT2D eigenvalue weighted by Crippen LogP contribution is 2.11. The number of unbranched alkanes of at least 4 members (excludes halogenated alkanes) is 5. The first-order valence-corrected chi connectivity index (χ1v) is 7.24. The molecule has 0 bridgehead atoms. The molecule has 0 spiro atoms. The van der Waals surface area contributed by atoms with Crippen LogP contribution in [0.3, 0.4) is 0 Å². The minimum atomic E-state index is 1.09. The molecule has 0 saturated heterocycles. The second-order valence-electron chi connectivity index (χ2n) is 4.94. The molecular weight excluding hydrogens is 204 g/mol. The third kappa shape index (κ3) is 6.51. The van der Waals surface area contributed by atoms with Gasteiger partial charge in [-0.3, -0.25) is 0 Å². The Morgan fingerprint density at radius 2 is 1.29 bits per heavy atom. The molecule has 0 amide bonds. The van der Waals surface area contributed by atoms with Gasteiger partial charge in [-0.25, -0.2) is 0 Å². The molecule has 0 unspecified atom stereocenters. The summed E-state index contributed by atoms with van der Waals surface area (Å²) < 4.78 is 0. The molecule has 1 radical (unpaired) electrons. The van der Waals surface area contributed by atoms with Crippen LogP contribution in [0, 0.1) is 6.92 Å². The van der Waals surface area contributed by atoms with Crippen LogP contribution < -0.4 is 0 Å². The van der Waals surface area contributed by atoms with Crippen molar-refractivity contribution in [2.24, 2.45) is 0 Å². The Labute approximate surface area is 107 Å². The SMILES string of the molecule is [CH2]CCCCCCc1ccc(CCCC)cc1. The minimum absolute atomic E-state index is 1.09. The van der Waals surface area contributed by atoms with E-state index >= 15 is 0 Å². The van der Waals surface area contributed by atoms with Gasteiger partial charge in [0.2, 0.25) is 0 Å². The molecule has 0 aromatic heterocycles. The lowest BCUT2D eigenvalue weighted by Crippen LogP contribution is -1.89. The van der Waals surface area contributed by atoms with Crippen LogP contribution >= 0.6 is 0 Å². The van der Waals surface area contributed by atoms with Crippen molar-refractivity contribution in [3.8, 4) is 0 Å². The van der Waals surface area contributed by atoms with Crippen LogP contribution in [0.4, 0.5) is 0 Å². The van der Waals surface area contributed by atoms with Gasteiger partial charge in [-0.15, -0.1) is 0 Å². The molecular formula is C17H27. The molecule has 0 saturated carbocycles. The van der Waals surface area contributed by atoms with E-state index in [1.807, 2.05) is 0 Å². The van der Waals surface area contributed by atoms with Crippen LogP contribution in [0.1, 0.15) is 63.0 Å². The predicted molar refractivity (Wildman–Crippen MR) is 77.2 cm³/mol. The van der Waals surface area contributed by atoms with Crippen LogP contribution in [0.5, 0.6) is 0 Å². The van der Waals surface area contributed by atoms with E-state index in [0.717, 1.165) is 6.42 Å². The summed E-state index contributed by atoms with van der Waals surface area (Å²) in [4.78, 5) is 0. The summed E-state index contributed by atoms with van der Waals surface area (Å²) in [6.45, 7) is 6.13. The van der Waals surface area contributed by atoms with E-state index in [2.05, 4.69) is 38.1 Å². The fourth-order valence-electron chi connectivity index (χ4n) is 2.11. The van der Waals surface area contributed by atoms with Gasteiger partial charge in [-0.05, 0) is 36.8 Å². The van der Waals surface area contributed by atoms with E-state index in [9.17, 15) is 0 Å². The van der Waals surface area contributed by atoms with E-state index in [-0.39, 0.29) is 0 Å². The number of hydrogen-bond donors (Lipinski definition) is 0. The van der Waals surface area contributed by atoms with Gasteiger partial charge in [0.25, 0.3) is 0 Å². The Morgan fingerprint density at radius 3 is 1.82 bits per heavy atom. The third-order valence-electron chi connectivity index (χ3n) is 3.31. The van der Waals surface area contributed by atoms with Crippen LogP contribution in [0.15, 0.2) is 24.3 Å². The Bertz CT molecular complexity index is 271. The van der Waals surface area contributed by atoms with Gasteiger partial charge in [0.05, 0.1) is 0 Å². The molecule has 0 aliphatic heterocycles. The Hall–Kier alpha value is -0.780. The highest BCUT2D eigenvalue weighted by atomic mass is 14.0. The molecule has 1 rings (SSSR count). The second-order valence-corrected chi connectivity index (χ2v) is 4.94. The summed E-state index contributed by atoms with van der Waals surface area (Å²) >= 11 is 0. The number of benzene rings is 1. The van der Waals surface area contributed by atoms with Gasteiger partial charge in [0.1, 0.15) is 0 Å². The van der Waals surface area contributed by atoms with E-state index in [0.29, 0.717) is 0 Å². The molecule has 0 heterocycles. The zero-order valence-corrected chi connectivity index (χ0v) is 11.4. The lowest BCUT2D eigenvalue weighted by Gasteiger charge is -2.04. The summed E-state index contributed by atoms with van der Waals surface area (Å²) in [5.74, 6) is 0. The lowest BCUT2D eigenvalue weighted by molar-refractivity contribution is 0.645. The summed E-state index contributed by atoms with van der Waals surface area (Å²) in [6.07, 6.45) is 11.5. The first-order chi connectivity index (χ1) is 8.36. The molecule has 95 valence electrons. The van der Waals surface area contributed by atoms with E-state index in [1.165, 1.54) is 62.5 Å². The van der Waals surface area contributed by atoms with Crippen molar-refractivity contribution in [2.45, 2.75) is 64.7 Å². The average molecular weight is 231 g/mol. The molecule has 1 aromatic carbocycles. The minimum Gasteiger partial charge on any atom is -0.0654 e. The summed E-state index contributed by atoms with van der Waals surface area (Å²) in [7, 11) is 0. The van der Waals surface area contributed by atoms with Gasteiger partial charge in [0.15, 0.2) is 0 Å². The van der Waals surface area contributed by atoms with E-state index < -0.39 is 0 Å². The number of aryl methyl sites for hydroxylation is 2. The normalized spacial score (nSPS) is 10.7. The molecule has 1 aromatic rings. The molecule has 0 atom stereocenters. The third-order valence-corrected chi connectivity index (χ3v) is 3.31. The fourth-order valence-corrected chi connectivity index (χ4v) is 2.11. The van der Waals surface area contributed by atoms with Crippen LogP contribution in [-0.4, -0.2) is 0 Å². The first kappa shape index (κ1) is 14.3. The zero-order valence-electron chi connectivity index (χ0n) is 11.4. The average Bonchev–Trinajstić information content (AvgIpc) is 2.37. The summed E-state index contributed by atoms with van der Waals surface area (Å²) in [5.41, 5.74) is 2.99. The van der Waals surface area contributed by atoms with Gasteiger partial charge >= 0.3 is 0 Å². The number of rotatable bonds is 9. The summed E-state index contributed by atoms with van der Waals surface area (Å²) in [5, 5.41) is 0. The second kappa shape index (κ2) is 9.27. The van der Waals surface area contributed by atoms with Crippen LogP contribution in [0.25, 0.3) is 0 Å². The monoisotopic (exact) mass is 231 g/mol. The van der Waals surface area contributed by atoms with Crippen molar-refractivity contribution in [1.29, 1.82) is 0 Å². The lowest BCUT2D eigenvalue weighted by atomic mass is 10.0. The standard InChI is InChI=1S/C17H27/c1-3-5-7-8-9-11-17-14-12-16(13-15-17)10-6-4-2/h12-15H,1,3-11H2,2H3. The molecule has 0 nitrogen and oxygen atoms in total. The molecule has 0 aliphatic carbocycles. The van der Waals surface area contributed by atoms with Crippen LogP contribution in [0.2, 0.25) is 0 Å². The van der Waals surface area contributed by atoms with Crippen molar-refractivity contribution in [2.75, 3.05) is 0 Å². The Morgan fingerprint density at radius 1 is 0.765 bits per heavy atom. The van der Waals surface area contributed by atoms with Gasteiger partial charge in [-0.1, -0.05) is 70.2 Å². The van der Waals surface area contributed by atoms with Crippen molar-refractivity contribution in [3.63, 3.8) is 0 Å². The van der Waals surface area contributed by atoms with Gasteiger partial charge in [-0.2, -0.15) is 0 Å². The maximum atomic E-state index is 3.88. The fraction of sp³-hybridized carbons (Fsp3) is 0.588. The molecule has 0 aliphatic rings. The predicted octanol–water partition coefficient (Wildman–Crippen LogP) is 5.36. The highest BCUT2D eigenvalue weighted by Gasteiger charge is 1.95. The molecule has 0 N–H and O–H groups in total. The van der Waals surface area contributed by atoms with Crippen molar-refractivity contribution < 1.29 is 0 Å². The topological polar surface area (TPSA) is 0 Å². The Kier molecular flexibility index (Phi) is 7.79. The molecule has 0 fully saturated rings. The highest BCUT2D eigenvalue weighted by molar-refractivity contribution is 5.22. The quantitative estimate of drug-likeness (QED) is 0.502. The van der Waals surface area contributed by atoms with Crippen molar-refractivity contribution in [3.05, 3.63) is 42.3 Å². The van der Waals surface area contributed by atoms with E-state index in [4.69, 9.17) is 0 Å². The van der Waals surface area contributed by atoms with Crippen molar-refractivity contribution >= 4 is 0 Å². The Balaban J connectivity index is 2.20. The summed E-state index contributed by atoms with van der Waals surface area (Å²) in [6, 6.07) is 9.24. The number of hydrogen-bond acceptors (Lipinski definition) is 0. The first-order valence-electron chi connectivity index (χ1n) is 7.24. The van der Waals surface area contributed by atoms with Gasteiger partial charge < -0.3 is 0 Å². The zero-order chi connectivity index (χ0) is 12.3. The van der Waals surface area contributed by atoms with E-state index in [1.54, 1.807) is 0 Å². The molecule has 0 heteroatoms. The van der Waals surface area contributed by atoms with Crippen molar-refractivity contribution in [1.82, 2.24) is 0 Å². The van der Waals surface area contributed by atoms with Crippen LogP contribution in [-0.2, 0) is 12.8 Å². The largest absolute Gasteiger partial charge is 0.0654 e. The molecule has 17 heavy (non-hydrogen) atoms. The maximum Gasteiger partial charge on any atom is -0.0279 e.